The van der Waals surface area contributed by atoms with Crippen LogP contribution in [-0.2, 0) is 6.18 Å². The van der Waals surface area contributed by atoms with E-state index in [1.807, 2.05) is 6.92 Å². The van der Waals surface area contributed by atoms with Crippen LogP contribution in [0.1, 0.15) is 30.5 Å². The second-order valence-electron chi connectivity index (χ2n) is 3.67. The van der Waals surface area contributed by atoms with E-state index in [1.165, 1.54) is 12.1 Å². The third-order valence-corrected chi connectivity index (χ3v) is 2.34. The molecule has 0 heterocycles. The molecule has 1 rings (SSSR count). The van der Waals surface area contributed by atoms with Crippen molar-refractivity contribution in [3.63, 3.8) is 0 Å². The van der Waals surface area contributed by atoms with Crippen LogP contribution in [0.4, 0.5) is 13.2 Å². The van der Waals surface area contributed by atoms with E-state index in [0.29, 0.717) is 5.56 Å². The van der Waals surface area contributed by atoms with E-state index in [0.717, 1.165) is 25.1 Å². The molecule has 0 aliphatic rings. The highest BCUT2D eigenvalue weighted by Crippen LogP contribution is 2.29. The number of halogens is 3. The first kappa shape index (κ1) is 13.6. The molecule has 1 aromatic carbocycles. The van der Waals surface area contributed by atoms with Gasteiger partial charge in [0, 0.05) is 0 Å². The number of benzene rings is 1. The second-order valence-corrected chi connectivity index (χ2v) is 3.67. The van der Waals surface area contributed by atoms with Gasteiger partial charge in [0.1, 0.15) is 0 Å². The lowest BCUT2D eigenvalue weighted by atomic mass is 10.1. The van der Waals surface area contributed by atoms with Gasteiger partial charge in [0.25, 0.3) is 0 Å². The van der Waals surface area contributed by atoms with Gasteiger partial charge in [-0.05, 0) is 30.7 Å². The van der Waals surface area contributed by atoms with Gasteiger partial charge in [-0.15, -0.1) is 6.42 Å². The average Bonchev–Trinajstić information content (AvgIpc) is 2.29. The fourth-order valence-electron chi connectivity index (χ4n) is 1.43. The zero-order chi connectivity index (χ0) is 12.9. The van der Waals surface area contributed by atoms with Crippen LogP contribution >= 0.6 is 0 Å². The molecule has 0 aliphatic heterocycles. The molecule has 0 saturated heterocycles. The fourth-order valence-corrected chi connectivity index (χ4v) is 1.43. The molecule has 0 amide bonds. The molecule has 4 heteroatoms. The molecule has 0 fully saturated rings. The van der Waals surface area contributed by atoms with Crippen LogP contribution in [0.25, 0.3) is 0 Å². The van der Waals surface area contributed by atoms with Gasteiger partial charge in [0.2, 0.25) is 0 Å². The first-order chi connectivity index (χ1) is 7.99. The van der Waals surface area contributed by atoms with E-state index in [9.17, 15) is 13.2 Å². The minimum atomic E-state index is -4.30. The molecule has 0 spiro atoms. The molecular formula is C13H14F3N. The molecule has 1 N–H and O–H groups in total. The highest BCUT2D eigenvalue weighted by molar-refractivity contribution is 5.30. The number of hydrogen-bond donors (Lipinski definition) is 1. The molecule has 0 radical (unpaired) electrons. The Labute approximate surface area is 99.0 Å². The zero-order valence-electron chi connectivity index (χ0n) is 9.51. The Hall–Kier alpha value is -1.47. The van der Waals surface area contributed by atoms with Crippen LogP contribution in [0.2, 0.25) is 0 Å². The fraction of sp³-hybridized carbons (Fsp3) is 0.385. The summed E-state index contributed by atoms with van der Waals surface area (Å²) in [5.74, 6) is 2.52. The zero-order valence-corrected chi connectivity index (χ0v) is 9.51. The molecule has 0 saturated carbocycles. The lowest BCUT2D eigenvalue weighted by Crippen LogP contribution is -2.20. The van der Waals surface area contributed by atoms with Gasteiger partial charge in [0.15, 0.2) is 0 Å². The summed E-state index contributed by atoms with van der Waals surface area (Å²) in [7, 11) is 0. The van der Waals surface area contributed by atoms with Gasteiger partial charge in [-0.2, -0.15) is 13.2 Å². The van der Waals surface area contributed by atoms with Crippen LogP contribution < -0.4 is 5.32 Å². The Bertz CT molecular complexity index is 387. The summed E-state index contributed by atoms with van der Waals surface area (Å²) in [5.41, 5.74) is 0.0152. The molecular weight excluding hydrogens is 227 g/mol. The van der Waals surface area contributed by atoms with Crippen molar-refractivity contribution in [2.45, 2.75) is 25.6 Å². The second kappa shape index (κ2) is 5.74. The Balaban J connectivity index is 2.83. The maximum atomic E-state index is 12.3. The quantitative estimate of drug-likeness (QED) is 0.797. The maximum absolute atomic E-state index is 12.3. The molecule has 1 nitrogen and oxygen atoms in total. The minimum absolute atomic E-state index is 0.336. The Morgan fingerprint density at radius 3 is 2.29 bits per heavy atom. The van der Waals surface area contributed by atoms with E-state index in [4.69, 9.17) is 6.42 Å². The molecule has 0 aromatic heterocycles. The normalized spacial score (nSPS) is 13.1. The molecule has 1 aromatic rings. The van der Waals surface area contributed by atoms with E-state index in [2.05, 4.69) is 11.2 Å². The van der Waals surface area contributed by atoms with Crippen LogP contribution in [0.3, 0.4) is 0 Å². The molecule has 17 heavy (non-hydrogen) atoms. The highest BCUT2D eigenvalue weighted by atomic mass is 19.4. The number of hydrogen-bond acceptors (Lipinski definition) is 1. The summed E-state index contributed by atoms with van der Waals surface area (Å²) >= 11 is 0. The topological polar surface area (TPSA) is 12.0 Å². The maximum Gasteiger partial charge on any atom is 0.416 e. The van der Waals surface area contributed by atoms with Crippen molar-refractivity contribution in [2.75, 3.05) is 6.54 Å². The smallest absolute Gasteiger partial charge is 0.300 e. The highest BCUT2D eigenvalue weighted by Gasteiger charge is 2.30. The van der Waals surface area contributed by atoms with Gasteiger partial charge >= 0.3 is 6.18 Å². The average molecular weight is 241 g/mol. The summed E-state index contributed by atoms with van der Waals surface area (Å²) in [5, 5.41) is 3.08. The Kier molecular flexibility index (Phi) is 4.59. The van der Waals surface area contributed by atoms with E-state index in [1.54, 1.807) is 0 Å². The molecule has 1 unspecified atom stereocenters. The SMILES string of the molecule is C#CC(NCCC)c1ccc(C(F)(F)F)cc1. The van der Waals surface area contributed by atoms with Crippen molar-refractivity contribution in [3.8, 4) is 12.3 Å². The van der Waals surface area contributed by atoms with Crippen LogP contribution in [0.5, 0.6) is 0 Å². The minimum Gasteiger partial charge on any atom is -0.300 e. The van der Waals surface area contributed by atoms with E-state index in [-0.39, 0.29) is 6.04 Å². The van der Waals surface area contributed by atoms with Crippen LogP contribution in [-0.4, -0.2) is 6.54 Å². The van der Waals surface area contributed by atoms with Crippen molar-refractivity contribution < 1.29 is 13.2 Å². The number of terminal acetylenes is 1. The predicted octanol–water partition coefficient (Wildman–Crippen LogP) is 3.38. The number of nitrogens with one attached hydrogen (secondary N) is 1. The first-order valence-corrected chi connectivity index (χ1v) is 5.35. The van der Waals surface area contributed by atoms with Gasteiger partial charge in [-0.25, -0.2) is 0 Å². The van der Waals surface area contributed by atoms with E-state index >= 15 is 0 Å². The van der Waals surface area contributed by atoms with Crippen LogP contribution in [0.15, 0.2) is 24.3 Å². The monoisotopic (exact) mass is 241 g/mol. The van der Waals surface area contributed by atoms with Crippen molar-refractivity contribution in [1.29, 1.82) is 0 Å². The molecule has 0 aliphatic carbocycles. The first-order valence-electron chi connectivity index (χ1n) is 5.35. The van der Waals surface area contributed by atoms with Crippen molar-refractivity contribution in [3.05, 3.63) is 35.4 Å². The summed E-state index contributed by atoms with van der Waals surface area (Å²) < 4.78 is 37.0. The van der Waals surface area contributed by atoms with Gasteiger partial charge in [0.05, 0.1) is 11.6 Å². The van der Waals surface area contributed by atoms with Crippen molar-refractivity contribution >= 4 is 0 Å². The predicted molar refractivity (Wildman–Crippen MR) is 61.3 cm³/mol. The Morgan fingerprint density at radius 1 is 1.29 bits per heavy atom. The van der Waals surface area contributed by atoms with Gasteiger partial charge in [-0.1, -0.05) is 25.0 Å². The lowest BCUT2D eigenvalue weighted by molar-refractivity contribution is -0.137. The van der Waals surface area contributed by atoms with Gasteiger partial charge < -0.3 is 5.32 Å². The number of rotatable bonds is 4. The summed E-state index contributed by atoms with van der Waals surface area (Å²) in [4.78, 5) is 0. The molecule has 0 bridgehead atoms. The summed E-state index contributed by atoms with van der Waals surface area (Å²) in [6.07, 6.45) is 1.95. The van der Waals surface area contributed by atoms with Crippen LogP contribution in [0, 0.1) is 12.3 Å². The van der Waals surface area contributed by atoms with Gasteiger partial charge in [-0.3, -0.25) is 0 Å². The number of alkyl halides is 3. The molecule has 92 valence electrons. The van der Waals surface area contributed by atoms with Crippen molar-refractivity contribution in [1.82, 2.24) is 5.32 Å². The van der Waals surface area contributed by atoms with Crippen molar-refractivity contribution in [2.24, 2.45) is 0 Å². The summed E-state index contributed by atoms with van der Waals surface area (Å²) in [6, 6.07) is 4.59. The standard InChI is InChI=1S/C13H14F3N/c1-3-9-17-12(4-2)10-5-7-11(8-6-10)13(14,15)16/h2,5-8,12,17H,3,9H2,1H3. The third kappa shape index (κ3) is 3.79. The molecule has 1 atom stereocenters. The third-order valence-electron chi connectivity index (χ3n) is 2.34. The lowest BCUT2D eigenvalue weighted by Gasteiger charge is -2.14. The van der Waals surface area contributed by atoms with E-state index < -0.39 is 11.7 Å². The Morgan fingerprint density at radius 2 is 1.88 bits per heavy atom. The largest absolute Gasteiger partial charge is 0.416 e. The summed E-state index contributed by atoms with van der Waals surface area (Å²) in [6.45, 7) is 2.73.